The molecule has 0 bridgehead atoms. The number of aliphatic imine (C=N–C) groups is 1. The summed E-state index contributed by atoms with van der Waals surface area (Å²) in [4.78, 5) is 10.3. The first-order chi connectivity index (χ1) is 12.8. The monoisotopic (exact) mass is 390 g/mol. The number of likely N-dealkylation sites (tertiary alicyclic amines) is 1. The topological polar surface area (TPSA) is 39.7 Å². The molecule has 2 aromatic rings. The maximum absolute atomic E-state index is 4.84. The number of guanidine groups is 1. The third-order valence-electron chi connectivity index (χ3n) is 4.76. The Balaban J connectivity index is 1.38. The number of hydrogen-bond acceptors (Lipinski definition) is 4. The van der Waals surface area contributed by atoms with Gasteiger partial charge in [-0.15, -0.1) is 22.7 Å². The molecule has 1 fully saturated rings. The van der Waals surface area contributed by atoms with Crippen molar-refractivity contribution in [2.24, 2.45) is 10.9 Å². The Morgan fingerprint density at radius 3 is 2.50 bits per heavy atom. The van der Waals surface area contributed by atoms with Crippen LogP contribution in [0, 0.1) is 5.92 Å². The summed E-state index contributed by atoms with van der Waals surface area (Å²) in [5.41, 5.74) is 0. The molecule has 0 aliphatic carbocycles. The van der Waals surface area contributed by atoms with E-state index in [4.69, 9.17) is 4.99 Å². The normalized spacial score (nSPS) is 16.7. The number of rotatable bonds is 8. The van der Waals surface area contributed by atoms with Gasteiger partial charge in [-0.3, -0.25) is 9.89 Å². The SMILES string of the molecule is CCNC(=NCC1CCN(Cc2cccs2)CC1)NCCc1cccs1. The predicted molar refractivity (Wildman–Crippen MR) is 114 cm³/mol. The average Bonchev–Trinajstić information content (AvgIpc) is 3.35. The Morgan fingerprint density at radius 2 is 1.85 bits per heavy atom. The molecule has 0 radical (unpaired) electrons. The molecule has 1 saturated heterocycles. The van der Waals surface area contributed by atoms with E-state index < -0.39 is 0 Å². The highest BCUT2D eigenvalue weighted by Crippen LogP contribution is 2.20. The second kappa shape index (κ2) is 10.7. The Labute approximate surface area is 165 Å². The Morgan fingerprint density at radius 1 is 1.12 bits per heavy atom. The van der Waals surface area contributed by atoms with Gasteiger partial charge < -0.3 is 10.6 Å². The highest BCUT2D eigenvalue weighted by Gasteiger charge is 2.19. The molecule has 2 aromatic heterocycles. The lowest BCUT2D eigenvalue weighted by Gasteiger charge is -2.31. The van der Waals surface area contributed by atoms with Crippen LogP contribution in [-0.2, 0) is 13.0 Å². The summed E-state index contributed by atoms with van der Waals surface area (Å²) in [6.45, 7) is 8.40. The van der Waals surface area contributed by atoms with E-state index in [0.29, 0.717) is 5.92 Å². The lowest BCUT2D eigenvalue weighted by molar-refractivity contribution is 0.182. The fraction of sp³-hybridized carbons (Fsp3) is 0.550. The molecule has 6 heteroatoms. The van der Waals surface area contributed by atoms with Crippen molar-refractivity contribution in [2.45, 2.75) is 32.7 Å². The molecule has 142 valence electrons. The van der Waals surface area contributed by atoms with Crippen molar-refractivity contribution in [1.82, 2.24) is 15.5 Å². The summed E-state index contributed by atoms with van der Waals surface area (Å²) in [5, 5.41) is 11.2. The van der Waals surface area contributed by atoms with Crippen molar-refractivity contribution < 1.29 is 0 Å². The second-order valence-corrected chi connectivity index (χ2v) is 8.84. The molecule has 0 aromatic carbocycles. The van der Waals surface area contributed by atoms with Crippen LogP contribution in [0.4, 0.5) is 0 Å². The smallest absolute Gasteiger partial charge is 0.191 e. The van der Waals surface area contributed by atoms with Crippen molar-refractivity contribution in [3.63, 3.8) is 0 Å². The summed E-state index contributed by atoms with van der Waals surface area (Å²) in [7, 11) is 0. The zero-order valence-electron chi connectivity index (χ0n) is 15.6. The third kappa shape index (κ3) is 6.41. The molecule has 3 rings (SSSR count). The lowest BCUT2D eigenvalue weighted by Crippen LogP contribution is -2.39. The maximum atomic E-state index is 4.84. The summed E-state index contributed by atoms with van der Waals surface area (Å²) in [6.07, 6.45) is 3.57. The summed E-state index contributed by atoms with van der Waals surface area (Å²) >= 11 is 3.69. The van der Waals surface area contributed by atoms with Gasteiger partial charge in [-0.2, -0.15) is 0 Å². The van der Waals surface area contributed by atoms with E-state index in [-0.39, 0.29) is 0 Å². The first-order valence-corrected chi connectivity index (χ1v) is 11.4. The molecule has 1 aliphatic rings. The van der Waals surface area contributed by atoms with Crippen LogP contribution in [0.25, 0.3) is 0 Å². The van der Waals surface area contributed by atoms with E-state index in [1.807, 2.05) is 22.7 Å². The summed E-state index contributed by atoms with van der Waals surface area (Å²) < 4.78 is 0. The van der Waals surface area contributed by atoms with Crippen LogP contribution in [0.5, 0.6) is 0 Å². The van der Waals surface area contributed by atoms with Crippen LogP contribution in [-0.4, -0.2) is 43.6 Å². The second-order valence-electron chi connectivity index (χ2n) is 6.77. The van der Waals surface area contributed by atoms with Crippen molar-refractivity contribution in [1.29, 1.82) is 0 Å². The molecule has 26 heavy (non-hydrogen) atoms. The van der Waals surface area contributed by atoms with Crippen molar-refractivity contribution in [2.75, 3.05) is 32.7 Å². The molecule has 3 heterocycles. The van der Waals surface area contributed by atoms with Gasteiger partial charge in [0.05, 0.1) is 0 Å². The zero-order valence-corrected chi connectivity index (χ0v) is 17.2. The van der Waals surface area contributed by atoms with Gasteiger partial charge in [0.2, 0.25) is 0 Å². The minimum atomic E-state index is 0.710. The zero-order chi connectivity index (χ0) is 18.0. The van der Waals surface area contributed by atoms with Crippen LogP contribution in [0.1, 0.15) is 29.5 Å². The van der Waals surface area contributed by atoms with Gasteiger partial charge in [-0.25, -0.2) is 0 Å². The number of thiophene rings is 2. The molecular weight excluding hydrogens is 360 g/mol. The average molecular weight is 391 g/mol. The minimum absolute atomic E-state index is 0.710. The standard InChI is InChI=1S/C20H30N4S2/c1-2-21-20(22-10-7-18-5-3-13-25-18)23-15-17-8-11-24(12-9-17)16-19-6-4-14-26-19/h3-6,13-14,17H,2,7-12,15-16H2,1H3,(H2,21,22,23). The van der Waals surface area contributed by atoms with Crippen LogP contribution in [0.3, 0.4) is 0 Å². The fourth-order valence-corrected chi connectivity index (χ4v) is 4.73. The molecular formula is C20H30N4S2. The van der Waals surface area contributed by atoms with Crippen molar-refractivity contribution in [3.05, 3.63) is 44.8 Å². The Bertz CT molecular complexity index is 629. The number of piperidine rings is 1. The highest BCUT2D eigenvalue weighted by molar-refractivity contribution is 7.10. The van der Waals surface area contributed by atoms with Crippen LogP contribution in [0.15, 0.2) is 40.0 Å². The van der Waals surface area contributed by atoms with Gasteiger partial charge in [0.1, 0.15) is 0 Å². The number of hydrogen-bond donors (Lipinski definition) is 2. The van der Waals surface area contributed by atoms with E-state index in [9.17, 15) is 0 Å². The number of nitrogens with one attached hydrogen (secondary N) is 2. The summed E-state index contributed by atoms with van der Waals surface area (Å²) in [6, 6.07) is 8.70. The quantitative estimate of drug-likeness (QED) is 0.532. The first-order valence-electron chi connectivity index (χ1n) is 9.62. The van der Waals surface area contributed by atoms with E-state index in [1.165, 1.54) is 35.7 Å². The van der Waals surface area contributed by atoms with Crippen molar-refractivity contribution in [3.8, 4) is 0 Å². The Kier molecular flexibility index (Phi) is 7.98. The van der Waals surface area contributed by atoms with Crippen molar-refractivity contribution >= 4 is 28.6 Å². The van der Waals surface area contributed by atoms with E-state index >= 15 is 0 Å². The molecule has 0 amide bonds. The van der Waals surface area contributed by atoms with Gasteiger partial charge in [-0.05, 0) is 68.1 Å². The Hall–Kier alpha value is -1.37. The fourth-order valence-electron chi connectivity index (χ4n) is 3.27. The van der Waals surface area contributed by atoms with Gasteiger partial charge in [0.15, 0.2) is 5.96 Å². The molecule has 0 atom stereocenters. The molecule has 0 saturated carbocycles. The molecule has 0 unspecified atom stereocenters. The molecule has 1 aliphatic heterocycles. The van der Waals surface area contributed by atoms with Crippen LogP contribution in [0.2, 0.25) is 0 Å². The minimum Gasteiger partial charge on any atom is -0.357 e. The van der Waals surface area contributed by atoms with E-state index in [2.05, 4.69) is 57.5 Å². The van der Waals surface area contributed by atoms with Crippen LogP contribution >= 0.6 is 22.7 Å². The van der Waals surface area contributed by atoms with Gasteiger partial charge in [0.25, 0.3) is 0 Å². The molecule has 2 N–H and O–H groups in total. The van der Waals surface area contributed by atoms with E-state index in [1.54, 1.807) is 0 Å². The lowest BCUT2D eigenvalue weighted by atomic mass is 9.97. The predicted octanol–water partition coefficient (Wildman–Crippen LogP) is 3.82. The van der Waals surface area contributed by atoms with E-state index in [0.717, 1.165) is 38.6 Å². The van der Waals surface area contributed by atoms with Gasteiger partial charge in [0, 0.05) is 35.9 Å². The van der Waals surface area contributed by atoms with Crippen LogP contribution < -0.4 is 10.6 Å². The molecule has 0 spiro atoms. The van der Waals surface area contributed by atoms with Gasteiger partial charge in [-0.1, -0.05) is 12.1 Å². The molecule has 4 nitrogen and oxygen atoms in total. The largest absolute Gasteiger partial charge is 0.357 e. The maximum Gasteiger partial charge on any atom is 0.191 e. The van der Waals surface area contributed by atoms with Gasteiger partial charge >= 0.3 is 0 Å². The number of nitrogens with zero attached hydrogens (tertiary/aromatic N) is 2. The third-order valence-corrected chi connectivity index (χ3v) is 6.56. The first kappa shape index (κ1) is 19.4. The summed E-state index contributed by atoms with van der Waals surface area (Å²) in [5.74, 6) is 1.67. The highest BCUT2D eigenvalue weighted by atomic mass is 32.1.